The number of carbonyl (C=O) groups is 4. The smallest absolute Gasteiger partial charge is 0.327 e. The van der Waals surface area contributed by atoms with Gasteiger partial charge in [0.2, 0.25) is 6.54 Å². The van der Waals surface area contributed by atoms with E-state index in [1.165, 1.54) is 0 Å². The molecule has 3 heterocycles. The van der Waals surface area contributed by atoms with Crippen molar-refractivity contribution in [3.63, 3.8) is 0 Å². The summed E-state index contributed by atoms with van der Waals surface area (Å²) >= 11 is 0. The van der Waals surface area contributed by atoms with E-state index in [2.05, 4.69) is 42.2 Å². The Kier molecular flexibility index (Phi) is 18.1. The molecule has 4 rings (SSSR count). The number of hydrogen-bond donors (Lipinski definition) is 6. The third kappa shape index (κ3) is 16.0. The van der Waals surface area contributed by atoms with E-state index < -0.39 is 11.8 Å². The van der Waals surface area contributed by atoms with Gasteiger partial charge in [-0.1, -0.05) is 6.07 Å². The summed E-state index contributed by atoms with van der Waals surface area (Å²) in [5.74, 6) is -2.12. The number of aryl methyl sites for hydroxylation is 1. The van der Waals surface area contributed by atoms with Crippen LogP contribution in [0.2, 0.25) is 0 Å². The largest absolute Gasteiger partial charge is 0.379 e. The van der Waals surface area contributed by atoms with Crippen molar-refractivity contribution in [3.05, 3.63) is 83.9 Å². The second-order valence-corrected chi connectivity index (χ2v) is 12.0. The molecular weight excluding hydrogens is 686 g/mol. The number of nitrogens with one attached hydrogen (secondary N) is 6. The van der Waals surface area contributed by atoms with Gasteiger partial charge in [-0.25, -0.2) is 0 Å². The Labute approximate surface area is 309 Å². The monoisotopic (exact) mass is 736 g/mol. The zero-order chi connectivity index (χ0) is 37.5. The lowest BCUT2D eigenvalue weighted by atomic mass is 10.2. The molecule has 0 radical (unpaired) electrons. The molecule has 2 aromatic heterocycles. The molecule has 4 amide bonds. The summed E-state index contributed by atoms with van der Waals surface area (Å²) in [6.45, 7) is 9.01. The fraction of sp³-hybridized carbons (Fsp3) is 0.444. The number of hydrazine groups is 1. The third-order valence-corrected chi connectivity index (χ3v) is 7.83. The highest BCUT2D eigenvalue weighted by molar-refractivity contribution is 6.35. The molecule has 1 fully saturated rings. The SMILES string of the molecule is Cc1cc(NC(=O)C[n+]2cccc(C(=O)NCCOCCOCCNOCc3cccnc3)c2)ccc1NNC(=O)C(=O)NCCCN1CCOCC1. The molecule has 17 nitrogen and oxygen atoms in total. The van der Waals surface area contributed by atoms with Crippen LogP contribution in [0, 0.1) is 6.92 Å². The van der Waals surface area contributed by atoms with Crippen LogP contribution in [0.3, 0.4) is 0 Å². The van der Waals surface area contributed by atoms with Crippen LogP contribution < -0.4 is 36.8 Å². The number of amides is 4. The van der Waals surface area contributed by atoms with E-state index in [0.29, 0.717) is 82.8 Å². The van der Waals surface area contributed by atoms with E-state index in [9.17, 15) is 19.2 Å². The van der Waals surface area contributed by atoms with E-state index in [0.717, 1.165) is 37.2 Å². The zero-order valence-corrected chi connectivity index (χ0v) is 30.1. The van der Waals surface area contributed by atoms with Gasteiger partial charge in [0.1, 0.15) is 5.56 Å². The third-order valence-electron chi connectivity index (χ3n) is 7.83. The van der Waals surface area contributed by atoms with Gasteiger partial charge in [0.25, 0.3) is 11.8 Å². The van der Waals surface area contributed by atoms with E-state index in [-0.39, 0.29) is 18.4 Å². The molecule has 1 aromatic carbocycles. The Hall–Kier alpha value is -5.04. The van der Waals surface area contributed by atoms with Crippen molar-refractivity contribution in [2.24, 2.45) is 0 Å². The number of rotatable bonds is 22. The van der Waals surface area contributed by atoms with Gasteiger partial charge in [-0.2, -0.15) is 10.0 Å². The second-order valence-electron chi connectivity index (χ2n) is 12.0. The van der Waals surface area contributed by atoms with Crippen LogP contribution >= 0.6 is 0 Å². The number of carbonyl (C=O) groups excluding carboxylic acids is 4. The van der Waals surface area contributed by atoms with Gasteiger partial charge in [0.15, 0.2) is 12.4 Å². The minimum Gasteiger partial charge on any atom is -0.379 e. The van der Waals surface area contributed by atoms with Crippen LogP contribution in [-0.4, -0.2) is 112 Å². The molecule has 1 aliphatic rings. The second kappa shape index (κ2) is 23.5. The molecule has 0 saturated carbocycles. The average Bonchev–Trinajstić information content (AvgIpc) is 3.17. The van der Waals surface area contributed by atoms with E-state index in [4.69, 9.17) is 19.0 Å². The summed E-state index contributed by atoms with van der Waals surface area (Å²) in [7, 11) is 0. The van der Waals surface area contributed by atoms with Gasteiger partial charge in [0, 0.05) is 56.9 Å². The number of hydrogen-bond acceptors (Lipinski definition) is 12. The number of pyridine rings is 2. The Bertz CT molecular complexity index is 1590. The fourth-order valence-corrected chi connectivity index (χ4v) is 5.06. The molecule has 1 aliphatic heterocycles. The highest BCUT2D eigenvalue weighted by Gasteiger charge is 2.16. The van der Waals surface area contributed by atoms with E-state index in [1.807, 2.05) is 12.1 Å². The number of nitrogens with zero attached hydrogens (tertiary/aromatic N) is 3. The maximum absolute atomic E-state index is 12.8. The number of ether oxygens (including phenoxy) is 3. The minimum atomic E-state index is -0.806. The maximum Gasteiger partial charge on any atom is 0.327 e. The first kappa shape index (κ1) is 40.7. The van der Waals surface area contributed by atoms with Crippen LogP contribution in [0.1, 0.15) is 27.9 Å². The number of anilines is 2. The van der Waals surface area contributed by atoms with Crippen LogP contribution in [0.25, 0.3) is 0 Å². The molecule has 0 aliphatic carbocycles. The van der Waals surface area contributed by atoms with Crippen molar-refractivity contribution in [2.45, 2.75) is 26.5 Å². The highest BCUT2D eigenvalue weighted by Crippen LogP contribution is 2.19. The summed E-state index contributed by atoms with van der Waals surface area (Å²) < 4.78 is 18.0. The molecule has 53 heavy (non-hydrogen) atoms. The van der Waals surface area contributed by atoms with Crippen molar-refractivity contribution in [1.29, 1.82) is 0 Å². The minimum absolute atomic E-state index is 0.0208. The summed E-state index contributed by atoms with van der Waals surface area (Å²) in [5, 5.41) is 8.27. The van der Waals surface area contributed by atoms with Gasteiger partial charge < -0.3 is 30.2 Å². The highest BCUT2D eigenvalue weighted by atomic mass is 16.6. The summed E-state index contributed by atoms with van der Waals surface area (Å²) in [5.41, 5.74) is 11.2. The molecule has 1 saturated heterocycles. The van der Waals surface area contributed by atoms with Crippen LogP contribution in [0.4, 0.5) is 11.4 Å². The maximum atomic E-state index is 12.8. The predicted molar refractivity (Wildman–Crippen MR) is 194 cm³/mol. The quantitative estimate of drug-likeness (QED) is 0.0353. The van der Waals surface area contributed by atoms with Crippen molar-refractivity contribution in [2.75, 3.05) is 89.7 Å². The Morgan fingerprint density at radius 1 is 0.925 bits per heavy atom. The number of hydroxylamine groups is 1. The van der Waals surface area contributed by atoms with Crippen molar-refractivity contribution in [3.8, 4) is 0 Å². The lowest BCUT2D eigenvalue weighted by Crippen LogP contribution is -2.43. The normalized spacial score (nSPS) is 12.8. The zero-order valence-electron chi connectivity index (χ0n) is 30.1. The Morgan fingerprint density at radius 3 is 2.51 bits per heavy atom. The molecule has 17 heteroatoms. The van der Waals surface area contributed by atoms with Gasteiger partial charge in [0.05, 0.1) is 51.9 Å². The Morgan fingerprint density at radius 2 is 1.74 bits per heavy atom. The van der Waals surface area contributed by atoms with Crippen LogP contribution in [-0.2, 0) is 46.6 Å². The molecule has 0 bridgehead atoms. The van der Waals surface area contributed by atoms with Crippen molar-refractivity contribution >= 4 is 35.0 Å². The number of morpholine rings is 1. The summed E-state index contributed by atoms with van der Waals surface area (Å²) in [4.78, 5) is 61.5. The van der Waals surface area contributed by atoms with E-state index >= 15 is 0 Å². The topological polar surface area (TPSA) is 197 Å². The number of aromatic nitrogens is 2. The van der Waals surface area contributed by atoms with E-state index in [1.54, 1.807) is 66.6 Å². The first-order valence-corrected chi connectivity index (χ1v) is 17.6. The molecule has 0 atom stereocenters. The van der Waals surface area contributed by atoms with Gasteiger partial charge in [-0.15, -0.1) is 0 Å². The van der Waals surface area contributed by atoms with Gasteiger partial charge in [-0.3, -0.25) is 44.8 Å². The average molecular weight is 737 g/mol. The van der Waals surface area contributed by atoms with Gasteiger partial charge >= 0.3 is 11.8 Å². The molecule has 0 unspecified atom stereocenters. The molecular formula is C36H50N9O8+. The summed E-state index contributed by atoms with van der Waals surface area (Å²) in [6, 6.07) is 12.2. The van der Waals surface area contributed by atoms with Crippen LogP contribution in [0.5, 0.6) is 0 Å². The van der Waals surface area contributed by atoms with Crippen molar-refractivity contribution in [1.82, 2.24) is 31.4 Å². The fourth-order valence-electron chi connectivity index (χ4n) is 5.06. The lowest BCUT2D eigenvalue weighted by molar-refractivity contribution is -0.684. The summed E-state index contributed by atoms with van der Waals surface area (Å²) in [6.07, 6.45) is 7.48. The van der Waals surface area contributed by atoms with Gasteiger partial charge in [-0.05, 0) is 61.3 Å². The molecule has 6 N–H and O–H groups in total. The predicted octanol–water partition coefficient (Wildman–Crippen LogP) is 0.0822. The molecule has 3 aromatic rings. The lowest BCUT2D eigenvalue weighted by Gasteiger charge is -2.26. The van der Waals surface area contributed by atoms with Crippen LogP contribution in [0.15, 0.2) is 67.3 Å². The first-order valence-electron chi connectivity index (χ1n) is 17.6. The number of benzene rings is 1. The first-order chi connectivity index (χ1) is 25.9. The standard InChI is InChI=1S/C36H49N9O8/c1-28-23-31(7-8-32(28)42-43-36(49)35(48)38-10-4-14-44-15-19-52-20-16-44)41-33(46)26-45-13-3-6-30(25-45)34(47)39-11-17-50-21-22-51-18-12-40-53-27-29-5-2-9-37-24-29/h2-3,5-9,13,23-25,40H,4,10-12,14-22,26-27H2,1H3,(H4-,38,39,41,42,43,46,47,48,49)/p+1. The van der Waals surface area contributed by atoms with Crippen molar-refractivity contribution < 1.29 is 42.8 Å². The Balaban J connectivity index is 1.05. The molecule has 0 spiro atoms. The molecule has 286 valence electrons.